The zero-order valence-electron chi connectivity index (χ0n) is 30.1. The maximum absolute atomic E-state index is 13.8. The van der Waals surface area contributed by atoms with E-state index in [-0.39, 0.29) is 5.97 Å². The summed E-state index contributed by atoms with van der Waals surface area (Å²) in [5, 5.41) is 3.24. The Morgan fingerprint density at radius 2 is 0.960 bits per heavy atom. The molecule has 1 heterocycles. The lowest BCUT2D eigenvalue weighted by atomic mass is 9.83. The third kappa shape index (κ3) is 7.07. The van der Waals surface area contributed by atoms with Crippen molar-refractivity contribution >= 4 is 34.2 Å². The number of carbonyl (C=O) groups excluding carboxylic acids is 1. The van der Waals surface area contributed by atoms with Crippen LogP contribution < -0.4 is 20.0 Å². The standard InChI is InChI=1S/C44H46N4O2/c1-45-30-31-12-14-32(15-13-31)40(33-16-22-36(23-17-33)46(2)3)28-44(42-11-9-8-10-39(42)43(49)50-44)29-41(34-18-24-37(25-19-34)47(4)5)35-20-26-38(27-21-35)48(6)7/h8-29,45H,30H2,1-7H3. The fraction of sp³-hybridized carbons (Fsp3) is 0.205. The van der Waals surface area contributed by atoms with Crippen molar-refractivity contribution in [3.8, 4) is 0 Å². The SMILES string of the molecule is CNCc1ccc(C(=CC2(C=C(c3ccc(N(C)C)cc3)c3ccc(N(C)C)cc3)OC(=O)c3ccccc32)c2ccc(N(C)C)cc2)cc1. The number of cyclic esters (lactones) is 1. The van der Waals surface area contributed by atoms with E-state index < -0.39 is 5.60 Å². The molecule has 1 N–H and O–H groups in total. The summed E-state index contributed by atoms with van der Waals surface area (Å²) in [6.07, 6.45) is 4.27. The van der Waals surface area contributed by atoms with E-state index in [2.05, 4.69) is 129 Å². The molecule has 5 aromatic carbocycles. The number of rotatable bonds is 11. The molecule has 5 aromatic rings. The molecule has 0 radical (unpaired) electrons. The molecule has 50 heavy (non-hydrogen) atoms. The van der Waals surface area contributed by atoms with E-state index >= 15 is 0 Å². The van der Waals surface area contributed by atoms with Gasteiger partial charge in [-0.15, -0.1) is 0 Å². The molecule has 0 aliphatic carbocycles. The monoisotopic (exact) mass is 662 g/mol. The molecule has 0 bridgehead atoms. The number of hydrogen-bond donors (Lipinski definition) is 1. The van der Waals surface area contributed by atoms with Gasteiger partial charge in [0.05, 0.1) is 5.56 Å². The molecule has 6 heteroatoms. The Hall–Kier alpha value is -5.59. The van der Waals surface area contributed by atoms with Crippen molar-refractivity contribution in [2.75, 3.05) is 64.0 Å². The number of esters is 1. The minimum Gasteiger partial charge on any atom is -0.442 e. The third-order valence-corrected chi connectivity index (χ3v) is 9.28. The molecule has 1 aliphatic heterocycles. The zero-order valence-corrected chi connectivity index (χ0v) is 30.1. The summed E-state index contributed by atoms with van der Waals surface area (Å²) in [7, 11) is 14.2. The Kier molecular flexibility index (Phi) is 9.93. The first-order chi connectivity index (χ1) is 24.1. The summed E-state index contributed by atoms with van der Waals surface area (Å²) < 4.78 is 6.59. The van der Waals surface area contributed by atoms with Crippen LogP contribution in [-0.2, 0) is 16.9 Å². The van der Waals surface area contributed by atoms with Crippen molar-refractivity contribution in [1.29, 1.82) is 0 Å². The van der Waals surface area contributed by atoms with E-state index in [0.717, 1.165) is 62.6 Å². The number of carbonyl (C=O) groups is 1. The van der Waals surface area contributed by atoms with Gasteiger partial charge in [0.25, 0.3) is 0 Å². The average Bonchev–Trinajstić information content (AvgIpc) is 3.41. The first kappa shape index (κ1) is 34.3. The highest BCUT2D eigenvalue weighted by atomic mass is 16.6. The van der Waals surface area contributed by atoms with Crippen LogP contribution in [0.1, 0.15) is 43.7 Å². The molecule has 254 valence electrons. The van der Waals surface area contributed by atoms with Gasteiger partial charge < -0.3 is 24.8 Å². The fourth-order valence-corrected chi connectivity index (χ4v) is 6.44. The third-order valence-electron chi connectivity index (χ3n) is 9.28. The van der Waals surface area contributed by atoms with Gasteiger partial charge in [-0.1, -0.05) is 78.9 Å². The molecule has 6 rings (SSSR count). The molecule has 1 aliphatic rings. The maximum atomic E-state index is 13.8. The van der Waals surface area contributed by atoms with Gasteiger partial charge in [0.15, 0.2) is 5.60 Å². The number of benzene rings is 5. The quantitative estimate of drug-likeness (QED) is 0.144. The minimum absolute atomic E-state index is 0.343. The van der Waals surface area contributed by atoms with Crippen LogP contribution >= 0.6 is 0 Å². The zero-order chi connectivity index (χ0) is 35.4. The lowest BCUT2D eigenvalue weighted by Gasteiger charge is -2.27. The van der Waals surface area contributed by atoms with Gasteiger partial charge in [-0.25, -0.2) is 4.79 Å². The van der Waals surface area contributed by atoms with Gasteiger partial charge in [0.1, 0.15) is 0 Å². The van der Waals surface area contributed by atoms with E-state index in [9.17, 15) is 4.79 Å². The summed E-state index contributed by atoms with van der Waals surface area (Å²) in [6.45, 7) is 0.775. The van der Waals surface area contributed by atoms with Gasteiger partial charge >= 0.3 is 5.97 Å². The van der Waals surface area contributed by atoms with Crippen molar-refractivity contribution in [3.05, 3.63) is 172 Å². The van der Waals surface area contributed by atoms with Crippen LogP contribution in [0.25, 0.3) is 11.1 Å². The number of nitrogens with one attached hydrogen (secondary N) is 1. The first-order valence-corrected chi connectivity index (χ1v) is 16.9. The van der Waals surface area contributed by atoms with Crippen molar-refractivity contribution in [2.45, 2.75) is 12.1 Å². The molecular formula is C44H46N4O2. The van der Waals surface area contributed by atoms with Crippen LogP contribution in [0.5, 0.6) is 0 Å². The van der Waals surface area contributed by atoms with Crippen molar-refractivity contribution in [1.82, 2.24) is 5.32 Å². The van der Waals surface area contributed by atoms with Crippen LogP contribution in [0, 0.1) is 0 Å². The predicted octanol–water partition coefficient (Wildman–Crippen LogP) is 8.23. The second-order valence-corrected chi connectivity index (χ2v) is 13.4. The molecule has 0 saturated carbocycles. The molecule has 0 fully saturated rings. The highest BCUT2D eigenvalue weighted by Gasteiger charge is 2.43. The van der Waals surface area contributed by atoms with E-state index in [0.29, 0.717) is 5.56 Å². The Bertz CT molecular complexity index is 1950. The van der Waals surface area contributed by atoms with Crippen LogP contribution in [0.3, 0.4) is 0 Å². The molecule has 0 aromatic heterocycles. The van der Waals surface area contributed by atoms with Gasteiger partial charge in [-0.3, -0.25) is 0 Å². The molecular weight excluding hydrogens is 617 g/mol. The maximum Gasteiger partial charge on any atom is 0.340 e. The van der Waals surface area contributed by atoms with Crippen LogP contribution in [0.2, 0.25) is 0 Å². The van der Waals surface area contributed by atoms with Crippen LogP contribution in [0.15, 0.2) is 133 Å². The lowest BCUT2D eigenvalue weighted by Crippen LogP contribution is -2.22. The molecule has 6 nitrogen and oxygen atoms in total. The number of nitrogens with zero attached hydrogens (tertiary/aromatic N) is 3. The van der Waals surface area contributed by atoms with E-state index in [1.165, 1.54) is 5.56 Å². The normalized spacial score (nSPS) is 15.3. The molecule has 1 unspecified atom stereocenters. The van der Waals surface area contributed by atoms with Gasteiger partial charge in [0, 0.05) is 71.5 Å². The fourth-order valence-electron chi connectivity index (χ4n) is 6.44. The largest absolute Gasteiger partial charge is 0.442 e. The van der Waals surface area contributed by atoms with Crippen LogP contribution in [-0.4, -0.2) is 55.3 Å². The Labute approximate surface area is 296 Å². The smallest absolute Gasteiger partial charge is 0.340 e. The summed E-state index contributed by atoms with van der Waals surface area (Å²) in [4.78, 5) is 20.0. The van der Waals surface area contributed by atoms with Crippen molar-refractivity contribution in [2.24, 2.45) is 0 Å². The minimum atomic E-state index is -1.21. The second-order valence-electron chi connectivity index (χ2n) is 13.4. The number of fused-ring (bicyclic) bond motifs is 1. The lowest BCUT2D eigenvalue weighted by molar-refractivity contribution is 0.0299. The summed E-state index contributed by atoms with van der Waals surface area (Å²) in [5.41, 5.74) is 10.7. The van der Waals surface area contributed by atoms with Gasteiger partial charge in [-0.05, 0) is 101 Å². The highest BCUT2D eigenvalue weighted by molar-refractivity contribution is 5.97. The summed E-state index contributed by atoms with van der Waals surface area (Å²) >= 11 is 0. The van der Waals surface area contributed by atoms with Crippen LogP contribution in [0.4, 0.5) is 17.1 Å². The first-order valence-electron chi connectivity index (χ1n) is 16.9. The average molecular weight is 663 g/mol. The summed E-state index contributed by atoms with van der Waals surface area (Å²) in [5.74, 6) is -0.343. The molecule has 0 saturated heterocycles. The van der Waals surface area contributed by atoms with Gasteiger partial charge in [0.2, 0.25) is 0 Å². The van der Waals surface area contributed by atoms with E-state index in [1.54, 1.807) is 0 Å². The van der Waals surface area contributed by atoms with E-state index in [4.69, 9.17) is 4.74 Å². The van der Waals surface area contributed by atoms with Gasteiger partial charge in [-0.2, -0.15) is 0 Å². The number of ether oxygens (including phenoxy) is 1. The van der Waals surface area contributed by atoms with Crippen molar-refractivity contribution in [3.63, 3.8) is 0 Å². The number of anilines is 3. The molecule has 0 spiro atoms. The Morgan fingerprint density at radius 3 is 1.34 bits per heavy atom. The van der Waals surface area contributed by atoms with E-state index in [1.807, 2.05) is 73.6 Å². The number of hydrogen-bond acceptors (Lipinski definition) is 6. The van der Waals surface area contributed by atoms with Crippen molar-refractivity contribution < 1.29 is 9.53 Å². The second kappa shape index (κ2) is 14.5. The topological polar surface area (TPSA) is 48.1 Å². The molecule has 0 amide bonds. The predicted molar refractivity (Wildman–Crippen MR) is 209 cm³/mol. The molecule has 1 atom stereocenters. The Morgan fingerprint density at radius 1 is 0.580 bits per heavy atom. The highest BCUT2D eigenvalue weighted by Crippen LogP contribution is 2.45. The summed E-state index contributed by atoms with van der Waals surface area (Å²) in [6, 6.07) is 41.9. The Balaban J connectivity index is 1.64.